The minimum absolute atomic E-state index is 1.31. The first kappa shape index (κ1) is 13.9. The van der Waals surface area contributed by atoms with Crippen LogP contribution in [0.2, 0.25) is 32.7 Å². The predicted octanol–water partition coefficient (Wildman–Crippen LogP) is 3.81. The van der Waals surface area contributed by atoms with Crippen LogP contribution in [0.4, 0.5) is 0 Å². The van der Waals surface area contributed by atoms with E-state index in [1.165, 1.54) is 0 Å². The van der Waals surface area contributed by atoms with E-state index in [0.29, 0.717) is 0 Å². The Morgan fingerprint density at radius 2 is 0.929 bits per heavy atom. The highest BCUT2D eigenvalue weighted by Crippen LogP contribution is 2.31. The van der Waals surface area contributed by atoms with Gasteiger partial charge < -0.3 is 0 Å². The van der Waals surface area contributed by atoms with Gasteiger partial charge in [0.15, 0.2) is 0 Å². The molecule has 0 heterocycles. The maximum atomic E-state index is 4.10. The molecule has 3 heteroatoms. The molecule has 0 aromatic rings. The Hall–Kier alpha value is -0.129. The molecule has 0 radical (unpaired) electrons. The van der Waals surface area contributed by atoms with E-state index in [1.54, 1.807) is 0 Å². The van der Waals surface area contributed by atoms with E-state index in [4.69, 9.17) is 0 Å². The Labute approximate surface area is 92.0 Å². The minimum atomic E-state index is -1.37. The smallest absolute Gasteiger partial charge is 0.0702 e. The number of hydrogen-bond acceptors (Lipinski definition) is 0. The zero-order valence-corrected chi connectivity index (χ0v) is 13.4. The summed E-state index contributed by atoms with van der Waals surface area (Å²) in [7, 11) is -4.00. The van der Waals surface area contributed by atoms with Crippen molar-refractivity contribution in [3.63, 3.8) is 0 Å². The first-order valence-electron chi connectivity index (χ1n) is 5.09. The third kappa shape index (κ3) is 1.94. The van der Waals surface area contributed by atoms with Gasteiger partial charge in [-0.3, -0.25) is 0 Å². The summed E-state index contributed by atoms with van der Waals surface area (Å²) in [5.74, 6) is 0. The summed E-state index contributed by atoms with van der Waals surface area (Å²) >= 11 is 0. The summed E-state index contributed by atoms with van der Waals surface area (Å²) < 4.78 is 0. The van der Waals surface area contributed by atoms with Gasteiger partial charge in [0.2, 0.25) is 0 Å². The Morgan fingerprint density at radius 1 is 0.643 bits per heavy atom. The lowest BCUT2D eigenvalue weighted by Gasteiger charge is -2.46. The quantitative estimate of drug-likeness (QED) is 0.641. The van der Waals surface area contributed by atoms with Crippen molar-refractivity contribution in [3.05, 3.63) is 36.8 Å². The van der Waals surface area contributed by atoms with E-state index < -0.39 is 22.3 Å². The van der Waals surface area contributed by atoms with E-state index in [1.807, 2.05) is 0 Å². The van der Waals surface area contributed by atoms with Gasteiger partial charge in [0.1, 0.15) is 0 Å². The normalized spacial score (nSPS) is 13.5. The van der Waals surface area contributed by atoms with Crippen molar-refractivity contribution in [1.29, 1.82) is 0 Å². The van der Waals surface area contributed by atoms with Crippen LogP contribution >= 0.6 is 0 Å². The van der Waals surface area contributed by atoms with Crippen molar-refractivity contribution in [2.45, 2.75) is 32.7 Å². The SMILES string of the molecule is C=C[Si](C)(C)[Si](C)(C=C)[Si](C)(C)C=C. The molecule has 0 fully saturated rings. The van der Waals surface area contributed by atoms with E-state index in [-0.39, 0.29) is 0 Å². The fraction of sp³-hybridized carbons (Fsp3) is 0.455. The molecule has 0 aliphatic carbocycles. The topological polar surface area (TPSA) is 0 Å². The van der Waals surface area contributed by atoms with Crippen molar-refractivity contribution in [1.82, 2.24) is 0 Å². The second kappa shape index (κ2) is 4.16. The summed E-state index contributed by atoms with van der Waals surface area (Å²) in [5.41, 5.74) is 6.76. The third-order valence-corrected chi connectivity index (χ3v) is 42.4. The summed E-state index contributed by atoms with van der Waals surface area (Å²) in [5, 5.41) is 0. The molecule has 14 heavy (non-hydrogen) atoms. The largest absolute Gasteiger partial charge is 0.107 e. The molecule has 0 atom stereocenters. The van der Waals surface area contributed by atoms with Crippen molar-refractivity contribution < 1.29 is 0 Å². The third-order valence-electron chi connectivity index (χ3n) is 4.11. The van der Waals surface area contributed by atoms with Gasteiger partial charge in [-0.15, -0.1) is 36.8 Å². The van der Waals surface area contributed by atoms with Gasteiger partial charge in [-0.1, -0.05) is 32.7 Å². The van der Waals surface area contributed by atoms with Gasteiger partial charge in [0.05, 0.1) is 22.3 Å². The first-order chi connectivity index (χ1) is 6.18. The Kier molecular flexibility index (Phi) is 4.13. The van der Waals surface area contributed by atoms with Crippen molar-refractivity contribution in [2.75, 3.05) is 0 Å². The molecular weight excluding hydrogens is 216 g/mol. The molecule has 0 nitrogen and oxygen atoms in total. The summed E-state index contributed by atoms with van der Waals surface area (Å²) in [4.78, 5) is 0. The van der Waals surface area contributed by atoms with Gasteiger partial charge in [-0.2, -0.15) is 0 Å². The maximum Gasteiger partial charge on any atom is 0.0702 e. The number of hydrogen-bond donors (Lipinski definition) is 0. The van der Waals surface area contributed by atoms with Crippen LogP contribution < -0.4 is 0 Å². The van der Waals surface area contributed by atoms with Crippen LogP contribution in [0.5, 0.6) is 0 Å². The molecule has 0 aromatic carbocycles. The average Bonchev–Trinajstić information content (AvgIpc) is 2.15. The van der Waals surface area contributed by atoms with Gasteiger partial charge in [-0.25, -0.2) is 0 Å². The molecule has 80 valence electrons. The lowest BCUT2D eigenvalue weighted by molar-refractivity contribution is 1.81. The van der Waals surface area contributed by atoms with Crippen LogP contribution in [0, 0.1) is 0 Å². The molecule has 0 saturated heterocycles. The minimum Gasteiger partial charge on any atom is -0.107 e. The van der Waals surface area contributed by atoms with Gasteiger partial charge in [0, 0.05) is 0 Å². The zero-order valence-electron chi connectivity index (χ0n) is 10.4. The summed E-state index contributed by atoms with van der Waals surface area (Å²) in [6.07, 6.45) is 0. The number of rotatable bonds is 5. The molecule has 0 unspecified atom stereocenters. The molecule has 0 saturated carbocycles. The van der Waals surface area contributed by atoms with Crippen molar-refractivity contribution in [3.8, 4) is 0 Å². The summed E-state index contributed by atoms with van der Waals surface area (Å²) in [6, 6.07) is 0. The monoisotopic (exact) mass is 240 g/mol. The Balaban J connectivity index is 5.50. The van der Waals surface area contributed by atoms with E-state index >= 15 is 0 Å². The van der Waals surface area contributed by atoms with Crippen molar-refractivity contribution in [2.24, 2.45) is 0 Å². The summed E-state index contributed by atoms with van der Waals surface area (Å²) in [6.45, 7) is 24.3. The fourth-order valence-electron chi connectivity index (χ4n) is 1.78. The maximum absolute atomic E-state index is 4.10. The highest BCUT2D eigenvalue weighted by molar-refractivity contribution is 7.72. The standard InChI is InChI=1S/C11H24Si3/c1-9-12(4,5)14(8,11-3)13(6,7)10-2/h9-11H,1-3H2,4-8H3. The molecule has 0 bridgehead atoms. The van der Waals surface area contributed by atoms with Crippen molar-refractivity contribution >= 4 is 22.3 Å². The van der Waals surface area contributed by atoms with Gasteiger partial charge >= 0.3 is 0 Å². The highest BCUT2D eigenvalue weighted by atomic mass is 29.6. The Morgan fingerprint density at radius 3 is 1.07 bits per heavy atom. The zero-order chi connectivity index (χ0) is 11.6. The Bertz CT molecular complexity index is 231. The van der Waals surface area contributed by atoms with Crippen LogP contribution in [-0.2, 0) is 0 Å². The van der Waals surface area contributed by atoms with Gasteiger partial charge in [-0.05, 0) is 0 Å². The molecule has 0 aliphatic heterocycles. The average molecular weight is 241 g/mol. The first-order valence-corrected chi connectivity index (χ1v) is 15.8. The van der Waals surface area contributed by atoms with Crippen LogP contribution in [0.3, 0.4) is 0 Å². The lowest BCUT2D eigenvalue weighted by atomic mass is 11.3. The van der Waals surface area contributed by atoms with Crippen LogP contribution in [0.1, 0.15) is 0 Å². The van der Waals surface area contributed by atoms with Gasteiger partial charge in [0.25, 0.3) is 0 Å². The second-order valence-electron chi connectivity index (χ2n) is 5.26. The van der Waals surface area contributed by atoms with E-state index in [9.17, 15) is 0 Å². The van der Waals surface area contributed by atoms with Crippen LogP contribution in [0.15, 0.2) is 36.8 Å². The lowest BCUT2D eigenvalue weighted by Crippen LogP contribution is -2.69. The van der Waals surface area contributed by atoms with E-state index in [2.05, 4.69) is 69.6 Å². The molecule has 0 amide bonds. The second-order valence-corrected chi connectivity index (χ2v) is 31.2. The predicted molar refractivity (Wildman–Crippen MR) is 77.2 cm³/mol. The van der Waals surface area contributed by atoms with Crippen LogP contribution in [-0.4, -0.2) is 22.3 Å². The molecule has 0 spiro atoms. The molecular formula is C11H24Si3. The molecule has 0 N–H and O–H groups in total. The highest BCUT2D eigenvalue weighted by Gasteiger charge is 2.50. The van der Waals surface area contributed by atoms with E-state index in [0.717, 1.165) is 0 Å². The molecule has 0 aliphatic rings. The molecule has 0 rings (SSSR count). The molecule has 0 aromatic heterocycles. The van der Waals surface area contributed by atoms with Crippen LogP contribution in [0.25, 0.3) is 0 Å². The fourth-order valence-corrected chi connectivity index (χ4v) is 32.8.